The molecule has 0 N–H and O–H groups in total. The lowest BCUT2D eigenvalue weighted by atomic mass is 9.91. The van der Waals surface area contributed by atoms with Gasteiger partial charge in [0.2, 0.25) is 0 Å². The first-order valence-electron chi connectivity index (χ1n) is 9.95. The van der Waals surface area contributed by atoms with Crippen molar-refractivity contribution >= 4 is 23.4 Å². The zero-order chi connectivity index (χ0) is 18.8. The molecule has 1 amide bonds. The summed E-state index contributed by atoms with van der Waals surface area (Å²) in [4.78, 5) is 18.9. The van der Waals surface area contributed by atoms with Crippen LogP contribution in [0.15, 0.2) is 53.4 Å². The van der Waals surface area contributed by atoms with Crippen LogP contribution in [0.4, 0.5) is 5.69 Å². The number of nitrogens with zero attached hydrogens (tertiary/aromatic N) is 2. The number of carbonyl (C=O) groups excluding carboxylic acids is 1. The molecule has 142 valence electrons. The number of thioether (sulfide) groups is 1. The standard InChI is InChI=1S/C23H28N2OS/c1-17-12-18(2)15-25(14-17)23(26)20-8-9-22-21(13-20)24(10-11-27-22)16-19-6-4-3-5-7-19/h3-9,13,17-18H,10-12,14-16H2,1-2H3/t17-,18-/m1/s1. The number of amides is 1. The van der Waals surface area contributed by atoms with Gasteiger partial charge >= 0.3 is 0 Å². The largest absolute Gasteiger partial charge is 0.365 e. The molecular formula is C23H28N2OS. The molecule has 0 unspecified atom stereocenters. The summed E-state index contributed by atoms with van der Waals surface area (Å²) in [6, 6.07) is 16.9. The Hall–Kier alpha value is -1.94. The summed E-state index contributed by atoms with van der Waals surface area (Å²) in [7, 11) is 0. The fourth-order valence-electron chi connectivity index (χ4n) is 4.39. The number of likely N-dealkylation sites (tertiary alicyclic amines) is 1. The predicted octanol–water partition coefficient (Wildman–Crippen LogP) is 4.92. The van der Waals surface area contributed by atoms with E-state index < -0.39 is 0 Å². The number of piperidine rings is 1. The summed E-state index contributed by atoms with van der Waals surface area (Å²) in [5, 5.41) is 0. The SMILES string of the molecule is C[C@@H]1C[C@@H](C)CN(C(=O)c2ccc3c(c2)N(Cc2ccccc2)CCS3)C1. The van der Waals surface area contributed by atoms with Crippen molar-refractivity contribution in [2.24, 2.45) is 11.8 Å². The van der Waals surface area contributed by atoms with Crippen LogP contribution in [0.3, 0.4) is 0 Å². The lowest BCUT2D eigenvalue weighted by molar-refractivity contribution is 0.0623. The average molecular weight is 381 g/mol. The van der Waals surface area contributed by atoms with E-state index in [1.807, 2.05) is 17.8 Å². The molecule has 2 aromatic carbocycles. The van der Waals surface area contributed by atoms with E-state index in [-0.39, 0.29) is 5.91 Å². The van der Waals surface area contributed by atoms with Gasteiger partial charge in [0.25, 0.3) is 5.91 Å². The third-order valence-corrected chi connectivity index (χ3v) is 6.58. The number of fused-ring (bicyclic) bond motifs is 1. The zero-order valence-electron chi connectivity index (χ0n) is 16.2. The van der Waals surface area contributed by atoms with Crippen molar-refractivity contribution in [3.63, 3.8) is 0 Å². The van der Waals surface area contributed by atoms with E-state index in [0.717, 1.165) is 37.5 Å². The predicted molar refractivity (Wildman–Crippen MR) is 114 cm³/mol. The number of carbonyl (C=O) groups is 1. The Morgan fingerprint density at radius 3 is 2.56 bits per heavy atom. The zero-order valence-corrected chi connectivity index (χ0v) is 17.0. The Labute approximate surface area is 166 Å². The van der Waals surface area contributed by atoms with E-state index in [9.17, 15) is 4.79 Å². The molecule has 2 aromatic rings. The van der Waals surface area contributed by atoms with Crippen LogP contribution in [-0.2, 0) is 6.54 Å². The summed E-state index contributed by atoms with van der Waals surface area (Å²) in [5.74, 6) is 2.45. The van der Waals surface area contributed by atoms with E-state index in [1.165, 1.54) is 22.6 Å². The van der Waals surface area contributed by atoms with Gasteiger partial charge in [-0.25, -0.2) is 0 Å². The molecule has 3 nitrogen and oxygen atoms in total. The molecule has 4 heteroatoms. The van der Waals surface area contributed by atoms with E-state index >= 15 is 0 Å². The summed E-state index contributed by atoms with van der Waals surface area (Å²) in [6.45, 7) is 8.17. The topological polar surface area (TPSA) is 23.6 Å². The van der Waals surface area contributed by atoms with Crippen molar-refractivity contribution in [1.82, 2.24) is 4.90 Å². The first-order valence-corrected chi connectivity index (χ1v) is 10.9. The quantitative estimate of drug-likeness (QED) is 0.755. The third-order valence-electron chi connectivity index (χ3n) is 5.54. The smallest absolute Gasteiger partial charge is 0.253 e. The van der Waals surface area contributed by atoms with Gasteiger partial charge in [0.1, 0.15) is 0 Å². The molecule has 0 aromatic heterocycles. The molecule has 2 heterocycles. The molecule has 0 aliphatic carbocycles. The summed E-state index contributed by atoms with van der Waals surface area (Å²) >= 11 is 1.89. The summed E-state index contributed by atoms with van der Waals surface area (Å²) < 4.78 is 0. The molecule has 2 aliphatic rings. The molecule has 2 aliphatic heterocycles. The Kier molecular flexibility index (Phi) is 5.44. The molecule has 2 atom stereocenters. The van der Waals surface area contributed by atoms with Crippen LogP contribution < -0.4 is 4.90 Å². The van der Waals surface area contributed by atoms with Gasteiger partial charge in [-0.1, -0.05) is 44.2 Å². The van der Waals surface area contributed by atoms with Crippen molar-refractivity contribution in [3.8, 4) is 0 Å². The Bertz CT molecular complexity index is 797. The molecular weight excluding hydrogens is 352 g/mol. The Morgan fingerprint density at radius 2 is 1.81 bits per heavy atom. The molecule has 4 rings (SSSR count). The van der Waals surface area contributed by atoms with Crippen molar-refractivity contribution in [1.29, 1.82) is 0 Å². The number of hydrogen-bond acceptors (Lipinski definition) is 3. The molecule has 1 saturated heterocycles. The molecule has 27 heavy (non-hydrogen) atoms. The Morgan fingerprint density at radius 1 is 1.07 bits per heavy atom. The minimum absolute atomic E-state index is 0.187. The number of rotatable bonds is 3. The first-order chi connectivity index (χ1) is 13.1. The maximum absolute atomic E-state index is 13.1. The number of anilines is 1. The van der Waals surface area contributed by atoms with Crippen LogP contribution >= 0.6 is 11.8 Å². The van der Waals surface area contributed by atoms with Gasteiger partial charge < -0.3 is 9.80 Å². The summed E-state index contributed by atoms with van der Waals surface area (Å²) in [5.41, 5.74) is 3.35. The second-order valence-corrected chi connectivity index (χ2v) is 9.23. The highest BCUT2D eigenvalue weighted by Gasteiger charge is 2.27. The van der Waals surface area contributed by atoms with Crippen LogP contribution in [-0.4, -0.2) is 36.2 Å². The van der Waals surface area contributed by atoms with Crippen LogP contribution in [0, 0.1) is 11.8 Å². The number of hydrogen-bond donors (Lipinski definition) is 0. The van der Waals surface area contributed by atoms with Gasteiger partial charge in [0.15, 0.2) is 0 Å². The van der Waals surface area contributed by atoms with Crippen LogP contribution in [0.2, 0.25) is 0 Å². The normalized spacial score (nSPS) is 22.4. The minimum Gasteiger partial charge on any atom is -0.365 e. The summed E-state index contributed by atoms with van der Waals surface area (Å²) in [6.07, 6.45) is 1.22. The van der Waals surface area contributed by atoms with Crippen molar-refractivity contribution < 1.29 is 4.79 Å². The number of benzene rings is 2. The maximum Gasteiger partial charge on any atom is 0.253 e. The monoisotopic (exact) mass is 380 g/mol. The second-order valence-electron chi connectivity index (χ2n) is 8.09. The van der Waals surface area contributed by atoms with Gasteiger partial charge in [0.05, 0.1) is 5.69 Å². The van der Waals surface area contributed by atoms with Crippen molar-refractivity contribution in [2.45, 2.75) is 31.7 Å². The van der Waals surface area contributed by atoms with Crippen LogP contribution in [0.5, 0.6) is 0 Å². The van der Waals surface area contributed by atoms with E-state index in [1.54, 1.807) is 0 Å². The average Bonchev–Trinajstić information content (AvgIpc) is 2.67. The van der Waals surface area contributed by atoms with Gasteiger partial charge in [-0.05, 0) is 42.0 Å². The highest BCUT2D eigenvalue weighted by molar-refractivity contribution is 7.99. The highest BCUT2D eigenvalue weighted by Crippen LogP contribution is 2.36. The molecule has 0 radical (unpaired) electrons. The van der Waals surface area contributed by atoms with Crippen molar-refractivity contribution in [3.05, 3.63) is 59.7 Å². The first kappa shape index (κ1) is 18.4. The van der Waals surface area contributed by atoms with Gasteiger partial charge in [0, 0.05) is 42.4 Å². The third kappa shape index (κ3) is 4.16. The molecule has 0 saturated carbocycles. The Balaban J connectivity index is 1.57. The lowest BCUT2D eigenvalue weighted by Crippen LogP contribution is -2.42. The van der Waals surface area contributed by atoms with Gasteiger partial charge in [-0.15, -0.1) is 11.8 Å². The van der Waals surface area contributed by atoms with Crippen molar-refractivity contribution in [2.75, 3.05) is 30.3 Å². The lowest BCUT2D eigenvalue weighted by Gasteiger charge is -2.36. The van der Waals surface area contributed by atoms with Crippen LogP contribution in [0.1, 0.15) is 36.2 Å². The second kappa shape index (κ2) is 7.97. The van der Waals surface area contributed by atoms with E-state index in [0.29, 0.717) is 11.8 Å². The fraction of sp³-hybridized carbons (Fsp3) is 0.435. The molecule has 0 bridgehead atoms. The highest BCUT2D eigenvalue weighted by atomic mass is 32.2. The fourth-order valence-corrected chi connectivity index (χ4v) is 5.42. The maximum atomic E-state index is 13.1. The molecule has 0 spiro atoms. The van der Waals surface area contributed by atoms with E-state index in [4.69, 9.17) is 0 Å². The molecule has 1 fully saturated rings. The van der Waals surface area contributed by atoms with E-state index in [2.05, 4.69) is 66.1 Å². The van der Waals surface area contributed by atoms with Gasteiger partial charge in [-0.3, -0.25) is 4.79 Å². The van der Waals surface area contributed by atoms with Crippen LogP contribution in [0.25, 0.3) is 0 Å². The minimum atomic E-state index is 0.187. The van der Waals surface area contributed by atoms with Gasteiger partial charge in [-0.2, -0.15) is 0 Å².